The predicted molar refractivity (Wildman–Crippen MR) is 69.2 cm³/mol. The van der Waals surface area contributed by atoms with Gasteiger partial charge in [-0.3, -0.25) is 0 Å². The average Bonchev–Trinajstić information content (AvgIpc) is 2.82. The summed E-state index contributed by atoms with van der Waals surface area (Å²) in [5, 5.41) is 8.94. The van der Waals surface area contributed by atoms with Gasteiger partial charge in [-0.1, -0.05) is 12.8 Å². The SMILES string of the molecule is N#Cc1ccc(F)cc1CSCC1CCCC1. The minimum Gasteiger partial charge on any atom is -0.207 e. The van der Waals surface area contributed by atoms with Crippen LogP contribution >= 0.6 is 11.8 Å². The molecule has 0 spiro atoms. The highest BCUT2D eigenvalue weighted by molar-refractivity contribution is 7.98. The van der Waals surface area contributed by atoms with Gasteiger partial charge in [-0.25, -0.2) is 4.39 Å². The molecule has 1 aromatic rings. The molecule has 1 saturated carbocycles. The van der Waals surface area contributed by atoms with Gasteiger partial charge in [0.1, 0.15) is 5.82 Å². The molecular weight excluding hydrogens is 233 g/mol. The molecule has 1 aliphatic carbocycles. The molecule has 1 fully saturated rings. The van der Waals surface area contributed by atoms with Crippen molar-refractivity contribution in [1.29, 1.82) is 5.26 Å². The highest BCUT2D eigenvalue weighted by Gasteiger charge is 2.15. The highest BCUT2D eigenvalue weighted by Crippen LogP contribution is 2.29. The summed E-state index contributed by atoms with van der Waals surface area (Å²) >= 11 is 1.82. The fourth-order valence-electron chi connectivity index (χ4n) is 2.30. The molecule has 0 aromatic heterocycles. The van der Waals surface area contributed by atoms with E-state index in [1.807, 2.05) is 11.8 Å². The van der Waals surface area contributed by atoms with E-state index in [0.29, 0.717) is 5.56 Å². The van der Waals surface area contributed by atoms with E-state index in [4.69, 9.17) is 5.26 Å². The maximum absolute atomic E-state index is 13.1. The molecule has 17 heavy (non-hydrogen) atoms. The summed E-state index contributed by atoms with van der Waals surface area (Å²) in [5.41, 5.74) is 1.43. The summed E-state index contributed by atoms with van der Waals surface area (Å²) in [4.78, 5) is 0. The summed E-state index contributed by atoms with van der Waals surface area (Å²) in [6.07, 6.45) is 5.38. The molecule has 0 atom stereocenters. The van der Waals surface area contributed by atoms with Crippen molar-refractivity contribution in [1.82, 2.24) is 0 Å². The molecule has 0 heterocycles. The van der Waals surface area contributed by atoms with Gasteiger partial charge in [-0.15, -0.1) is 0 Å². The lowest BCUT2D eigenvalue weighted by atomic mass is 10.1. The molecule has 0 unspecified atom stereocenters. The second-order valence-corrected chi connectivity index (χ2v) is 5.61. The van der Waals surface area contributed by atoms with Crippen LogP contribution in [0.15, 0.2) is 18.2 Å². The zero-order valence-electron chi connectivity index (χ0n) is 9.79. The Labute approximate surface area is 106 Å². The number of rotatable bonds is 4. The number of benzene rings is 1. The van der Waals surface area contributed by atoms with Crippen LogP contribution < -0.4 is 0 Å². The zero-order valence-corrected chi connectivity index (χ0v) is 10.6. The molecule has 3 heteroatoms. The van der Waals surface area contributed by atoms with Gasteiger partial charge >= 0.3 is 0 Å². The number of thioether (sulfide) groups is 1. The quantitative estimate of drug-likeness (QED) is 0.801. The van der Waals surface area contributed by atoms with E-state index in [1.165, 1.54) is 37.8 Å². The highest BCUT2D eigenvalue weighted by atomic mass is 32.2. The van der Waals surface area contributed by atoms with Gasteiger partial charge in [0.05, 0.1) is 11.6 Å². The van der Waals surface area contributed by atoms with Crippen molar-refractivity contribution in [3.8, 4) is 6.07 Å². The normalized spacial score (nSPS) is 16.0. The Morgan fingerprint density at radius 3 is 2.82 bits per heavy atom. The Kier molecular flexibility index (Phi) is 4.44. The zero-order chi connectivity index (χ0) is 12.1. The lowest BCUT2D eigenvalue weighted by Crippen LogP contribution is -1.98. The standard InChI is InChI=1S/C14H16FNS/c15-14-6-5-12(8-16)13(7-14)10-17-9-11-3-1-2-4-11/h5-7,11H,1-4,9-10H2. The second kappa shape index (κ2) is 6.07. The number of hydrogen-bond acceptors (Lipinski definition) is 2. The van der Waals surface area contributed by atoms with Gasteiger partial charge in [-0.05, 0) is 48.3 Å². The van der Waals surface area contributed by atoms with Crippen molar-refractivity contribution in [3.63, 3.8) is 0 Å². The molecule has 1 nitrogen and oxygen atoms in total. The van der Waals surface area contributed by atoms with Crippen molar-refractivity contribution in [3.05, 3.63) is 35.1 Å². The molecule has 0 saturated heterocycles. The Balaban J connectivity index is 1.89. The predicted octanol–water partition coefficient (Wildman–Crippen LogP) is 4.12. The smallest absolute Gasteiger partial charge is 0.123 e. The number of hydrogen-bond donors (Lipinski definition) is 0. The molecular formula is C14H16FNS. The topological polar surface area (TPSA) is 23.8 Å². The summed E-state index contributed by atoms with van der Waals surface area (Å²) < 4.78 is 13.1. The van der Waals surface area contributed by atoms with Crippen molar-refractivity contribution in [2.75, 3.05) is 5.75 Å². The maximum Gasteiger partial charge on any atom is 0.123 e. The molecule has 2 rings (SSSR count). The van der Waals surface area contributed by atoms with Crippen molar-refractivity contribution >= 4 is 11.8 Å². The summed E-state index contributed by atoms with van der Waals surface area (Å²) in [7, 11) is 0. The third kappa shape index (κ3) is 3.47. The maximum atomic E-state index is 13.1. The molecule has 0 amide bonds. The summed E-state index contributed by atoms with van der Waals surface area (Å²) in [6, 6.07) is 6.53. The minimum atomic E-state index is -0.250. The first-order chi connectivity index (χ1) is 8.29. The first-order valence-electron chi connectivity index (χ1n) is 6.06. The van der Waals surface area contributed by atoms with Crippen LogP contribution in [0.5, 0.6) is 0 Å². The van der Waals surface area contributed by atoms with Gasteiger partial charge < -0.3 is 0 Å². The first kappa shape index (κ1) is 12.4. The Morgan fingerprint density at radius 2 is 2.12 bits per heavy atom. The van der Waals surface area contributed by atoms with E-state index >= 15 is 0 Å². The lowest BCUT2D eigenvalue weighted by Gasteiger charge is -2.09. The molecule has 90 valence electrons. The van der Waals surface area contributed by atoms with Crippen molar-refractivity contribution < 1.29 is 4.39 Å². The summed E-state index contributed by atoms with van der Waals surface area (Å²) in [6.45, 7) is 0. The monoisotopic (exact) mass is 249 g/mol. The minimum absolute atomic E-state index is 0.250. The van der Waals surface area contributed by atoms with Gasteiger partial charge in [0.25, 0.3) is 0 Å². The molecule has 0 bridgehead atoms. The van der Waals surface area contributed by atoms with Crippen LogP contribution in [0.4, 0.5) is 4.39 Å². The van der Waals surface area contributed by atoms with E-state index in [2.05, 4.69) is 6.07 Å². The van der Waals surface area contributed by atoms with Gasteiger partial charge in [0, 0.05) is 5.75 Å². The van der Waals surface area contributed by atoms with Crippen molar-refractivity contribution in [2.45, 2.75) is 31.4 Å². The van der Waals surface area contributed by atoms with Crippen LogP contribution in [-0.4, -0.2) is 5.75 Å². The van der Waals surface area contributed by atoms with E-state index in [9.17, 15) is 4.39 Å². The largest absolute Gasteiger partial charge is 0.207 e. The first-order valence-corrected chi connectivity index (χ1v) is 7.21. The third-order valence-electron chi connectivity index (χ3n) is 3.27. The van der Waals surface area contributed by atoms with E-state index in [0.717, 1.165) is 23.0 Å². The van der Waals surface area contributed by atoms with E-state index in [-0.39, 0.29) is 5.82 Å². The Morgan fingerprint density at radius 1 is 1.35 bits per heavy atom. The molecule has 1 aliphatic rings. The fraction of sp³-hybridized carbons (Fsp3) is 0.500. The van der Waals surface area contributed by atoms with Gasteiger partial charge in [-0.2, -0.15) is 17.0 Å². The average molecular weight is 249 g/mol. The summed E-state index contributed by atoms with van der Waals surface area (Å²) in [5.74, 6) is 2.47. The van der Waals surface area contributed by atoms with Crippen molar-refractivity contribution in [2.24, 2.45) is 5.92 Å². The molecule has 0 N–H and O–H groups in total. The van der Waals surface area contributed by atoms with Crippen LogP contribution in [0, 0.1) is 23.1 Å². The molecule has 0 aliphatic heterocycles. The Hall–Kier alpha value is -1.01. The number of halogens is 1. The molecule has 1 aromatic carbocycles. The van der Waals surface area contributed by atoms with Crippen LogP contribution in [0.3, 0.4) is 0 Å². The van der Waals surface area contributed by atoms with Crippen LogP contribution in [0.1, 0.15) is 36.8 Å². The number of nitriles is 1. The number of nitrogens with zero attached hydrogens (tertiary/aromatic N) is 1. The van der Waals surface area contributed by atoms with Gasteiger partial charge in [0.15, 0.2) is 0 Å². The fourth-order valence-corrected chi connectivity index (χ4v) is 3.55. The van der Waals surface area contributed by atoms with E-state index in [1.54, 1.807) is 6.07 Å². The second-order valence-electron chi connectivity index (χ2n) is 4.58. The molecule has 0 radical (unpaired) electrons. The Bertz CT molecular complexity index is 419. The van der Waals surface area contributed by atoms with Gasteiger partial charge in [0.2, 0.25) is 0 Å². The van der Waals surface area contributed by atoms with Crippen LogP contribution in [0.25, 0.3) is 0 Å². The van der Waals surface area contributed by atoms with Crippen LogP contribution in [0.2, 0.25) is 0 Å². The lowest BCUT2D eigenvalue weighted by molar-refractivity contribution is 0.622. The van der Waals surface area contributed by atoms with E-state index < -0.39 is 0 Å². The van der Waals surface area contributed by atoms with Crippen LogP contribution in [-0.2, 0) is 5.75 Å². The third-order valence-corrected chi connectivity index (χ3v) is 4.50.